The molecule has 0 atom stereocenters. The molecule has 8 heteroatoms. The second-order valence-electron chi connectivity index (χ2n) is 5.67. The lowest BCUT2D eigenvalue weighted by atomic mass is 10.0. The molecule has 0 spiro atoms. The van der Waals surface area contributed by atoms with Crippen LogP contribution in [0.15, 0.2) is 36.4 Å². The molecule has 0 unspecified atom stereocenters. The first-order chi connectivity index (χ1) is 12.4. The molecular weight excluding hydrogens is 336 g/mol. The molecule has 0 bridgehead atoms. The van der Waals surface area contributed by atoms with Gasteiger partial charge >= 0.3 is 6.03 Å². The van der Waals surface area contributed by atoms with Crippen LogP contribution in [-0.2, 0) is 6.61 Å². The second-order valence-corrected chi connectivity index (χ2v) is 5.67. The molecule has 3 rings (SSSR count). The van der Waals surface area contributed by atoms with Crippen LogP contribution >= 0.6 is 0 Å². The zero-order valence-electron chi connectivity index (χ0n) is 14.0. The Morgan fingerprint density at radius 2 is 1.85 bits per heavy atom. The summed E-state index contributed by atoms with van der Waals surface area (Å²) < 4.78 is 5.29. The number of carbonyl (C=O) groups excluding carboxylic acids is 2. The van der Waals surface area contributed by atoms with Crippen LogP contribution < -0.4 is 21.5 Å². The number of amides is 3. The smallest absolute Gasteiger partial charge is 0.317 e. The van der Waals surface area contributed by atoms with Crippen molar-refractivity contribution < 1.29 is 19.4 Å². The maximum Gasteiger partial charge on any atom is 0.317 e. The third-order valence-electron chi connectivity index (χ3n) is 4.08. The van der Waals surface area contributed by atoms with Gasteiger partial charge in [0.15, 0.2) is 0 Å². The number of urea groups is 1. The number of primary amides is 2. The van der Waals surface area contributed by atoms with Gasteiger partial charge in [-0.15, -0.1) is 0 Å². The Hall–Kier alpha value is -3.52. The van der Waals surface area contributed by atoms with Crippen LogP contribution in [0.1, 0.15) is 15.9 Å². The van der Waals surface area contributed by atoms with Gasteiger partial charge in [-0.25, -0.2) is 4.79 Å². The number of H-pyrrole nitrogens is 1. The Balaban J connectivity index is 2.12. The predicted octanol–water partition coefficient (Wildman–Crippen LogP) is 1.93. The maximum atomic E-state index is 11.8. The molecular formula is C18H18N4O4. The number of nitrogens with two attached hydrogens (primary N) is 2. The second kappa shape index (κ2) is 6.77. The summed E-state index contributed by atoms with van der Waals surface area (Å²) in [5.41, 5.74) is 13.7. The quantitative estimate of drug-likeness (QED) is 0.477. The molecule has 0 aliphatic carbocycles. The zero-order valence-corrected chi connectivity index (χ0v) is 14.0. The average molecular weight is 354 g/mol. The lowest BCUT2D eigenvalue weighted by Gasteiger charge is -2.09. The van der Waals surface area contributed by atoms with Gasteiger partial charge in [0.25, 0.3) is 5.91 Å². The van der Waals surface area contributed by atoms with E-state index in [0.717, 1.165) is 11.1 Å². The molecule has 0 radical (unpaired) electrons. The number of nitrogens with one attached hydrogen (secondary N) is 2. The van der Waals surface area contributed by atoms with Crippen molar-refractivity contribution in [2.45, 2.75) is 6.61 Å². The fourth-order valence-corrected chi connectivity index (χ4v) is 2.90. The molecule has 0 fully saturated rings. The van der Waals surface area contributed by atoms with E-state index in [9.17, 15) is 14.7 Å². The standard InChI is InChI=1S/C18H18N4O4/c1-26-14-7-10(2-3-11(14)8-23)9-4-5-12-13(6-9)21-17(22-18(20)25)15(12)16(19)24/h2-7,21,23H,8H2,1H3,(H2,19,24)(H3,20,22,25). The minimum absolute atomic E-state index is 0.122. The molecule has 134 valence electrons. The number of methoxy groups -OCH3 is 1. The van der Waals surface area contributed by atoms with Crippen molar-refractivity contribution in [3.8, 4) is 16.9 Å². The molecule has 0 aliphatic rings. The Kier molecular flexibility index (Phi) is 4.51. The average Bonchev–Trinajstić information content (AvgIpc) is 2.97. The molecule has 7 N–H and O–H groups in total. The molecule has 3 amide bonds. The first kappa shape index (κ1) is 17.3. The monoisotopic (exact) mass is 354 g/mol. The lowest BCUT2D eigenvalue weighted by Crippen LogP contribution is -2.22. The lowest BCUT2D eigenvalue weighted by molar-refractivity contribution is 0.100. The maximum absolute atomic E-state index is 11.8. The molecule has 8 nitrogen and oxygen atoms in total. The third-order valence-corrected chi connectivity index (χ3v) is 4.08. The number of aliphatic hydroxyl groups excluding tert-OH is 1. The van der Waals surface area contributed by atoms with Crippen molar-refractivity contribution in [1.29, 1.82) is 0 Å². The first-order valence-electron chi connectivity index (χ1n) is 7.74. The SMILES string of the molecule is COc1cc(-c2ccc3c(C(N)=O)c(NC(N)=O)[nH]c3c2)ccc1CO. The summed E-state index contributed by atoms with van der Waals surface area (Å²) in [4.78, 5) is 25.9. The van der Waals surface area contributed by atoms with Gasteiger partial charge in [0, 0.05) is 16.5 Å². The van der Waals surface area contributed by atoms with E-state index in [0.29, 0.717) is 22.2 Å². The van der Waals surface area contributed by atoms with Crippen LogP contribution in [0.3, 0.4) is 0 Å². The van der Waals surface area contributed by atoms with E-state index in [1.807, 2.05) is 24.3 Å². The van der Waals surface area contributed by atoms with E-state index in [-0.39, 0.29) is 18.0 Å². The highest BCUT2D eigenvalue weighted by Gasteiger charge is 2.18. The number of fused-ring (bicyclic) bond motifs is 1. The number of aromatic nitrogens is 1. The number of hydrogen-bond donors (Lipinski definition) is 5. The van der Waals surface area contributed by atoms with E-state index in [2.05, 4.69) is 10.3 Å². The number of carbonyl (C=O) groups is 2. The highest BCUT2D eigenvalue weighted by molar-refractivity contribution is 6.13. The van der Waals surface area contributed by atoms with Crippen molar-refractivity contribution in [3.63, 3.8) is 0 Å². The van der Waals surface area contributed by atoms with Gasteiger partial charge in [0.2, 0.25) is 0 Å². The van der Waals surface area contributed by atoms with Gasteiger partial charge in [-0.2, -0.15) is 0 Å². The summed E-state index contributed by atoms with van der Waals surface area (Å²) in [5.74, 6) is 0.0533. The van der Waals surface area contributed by atoms with Crippen molar-refractivity contribution in [1.82, 2.24) is 4.98 Å². The topological polar surface area (TPSA) is 143 Å². The molecule has 1 heterocycles. The summed E-state index contributed by atoms with van der Waals surface area (Å²) in [7, 11) is 1.54. The number of anilines is 1. The van der Waals surface area contributed by atoms with Gasteiger partial charge in [-0.1, -0.05) is 24.3 Å². The number of ether oxygens (including phenoxy) is 1. The van der Waals surface area contributed by atoms with Crippen LogP contribution in [0.25, 0.3) is 22.0 Å². The molecule has 0 aliphatic heterocycles. The van der Waals surface area contributed by atoms with Crippen molar-refractivity contribution in [3.05, 3.63) is 47.5 Å². The number of aromatic amines is 1. The van der Waals surface area contributed by atoms with Crippen molar-refractivity contribution >= 4 is 28.7 Å². The number of benzene rings is 2. The normalized spacial score (nSPS) is 10.7. The Morgan fingerprint density at radius 1 is 1.15 bits per heavy atom. The van der Waals surface area contributed by atoms with Crippen LogP contribution in [-0.4, -0.2) is 29.1 Å². The van der Waals surface area contributed by atoms with Crippen LogP contribution in [0, 0.1) is 0 Å². The van der Waals surface area contributed by atoms with Gasteiger partial charge in [-0.05, 0) is 23.3 Å². The molecule has 1 aromatic heterocycles. The summed E-state index contributed by atoms with van der Waals surface area (Å²) in [6, 6.07) is 10.0. The van der Waals surface area contributed by atoms with Gasteiger partial charge in [0.1, 0.15) is 11.6 Å². The molecule has 0 saturated heterocycles. The molecule has 2 aromatic carbocycles. The van der Waals surface area contributed by atoms with E-state index in [1.165, 1.54) is 7.11 Å². The van der Waals surface area contributed by atoms with E-state index >= 15 is 0 Å². The molecule has 0 saturated carbocycles. The predicted molar refractivity (Wildman–Crippen MR) is 97.9 cm³/mol. The fourth-order valence-electron chi connectivity index (χ4n) is 2.90. The van der Waals surface area contributed by atoms with Crippen LogP contribution in [0.4, 0.5) is 10.6 Å². The minimum Gasteiger partial charge on any atom is -0.496 e. The van der Waals surface area contributed by atoms with Crippen molar-refractivity contribution in [2.75, 3.05) is 12.4 Å². The minimum atomic E-state index is -0.802. The highest BCUT2D eigenvalue weighted by Crippen LogP contribution is 2.32. The zero-order chi connectivity index (χ0) is 18.8. The molecule has 3 aromatic rings. The van der Waals surface area contributed by atoms with Crippen LogP contribution in [0.2, 0.25) is 0 Å². The fraction of sp³-hybridized carbons (Fsp3) is 0.111. The number of aliphatic hydroxyl groups is 1. The van der Waals surface area contributed by atoms with Crippen LogP contribution in [0.5, 0.6) is 5.75 Å². The van der Waals surface area contributed by atoms with Gasteiger partial charge in [-0.3, -0.25) is 10.1 Å². The van der Waals surface area contributed by atoms with Gasteiger partial charge in [0.05, 0.1) is 19.3 Å². The molecule has 26 heavy (non-hydrogen) atoms. The summed E-state index contributed by atoms with van der Waals surface area (Å²) in [6.07, 6.45) is 0. The van der Waals surface area contributed by atoms with Gasteiger partial charge < -0.3 is 26.3 Å². The number of hydrogen-bond acceptors (Lipinski definition) is 4. The largest absolute Gasteiger partial charge is 0.496 e. The Labute approximate surface area is 148 Å². The highest BCUT2D eigenvalue weighted by atomic mass is 16.5. The van der Waals surface area contributed by atoms with E-state index in [1.54, 1.807) is 12.1 Å². The Morgan fingerprint density at radius 3 is 2.46 bits per heavy atom. The third kappa shape index (κ3) is 3.05. The summed E-state index contributed by atoms with van der Waals surface area (Å²) >= 11 is 0. The van der Waals surface area contributed by atoms with E-state index < -0.39 is 11.9 Å². The van der Waals surface area contributed by atoms with Crippen molar-refractivity contribution in [2.24, 2.45) is 11.5 Å². The summed E-state index contributed by atoms with van der Waals surface area (Å²) in [6.45, 7) is -0.122. The summed E-state index contributed by atoms with van der Waals surface area (Å²) in [5, 5.41) is 12.3. The van der Waals surface area contributed by atoms with E-state index in [4.69, 9.17) is 16.2 Å². The Bertz CT molecular complexity index is 1010. The number of rotatable bonds is 5. The first-order valence-corrected chi connectivity index (χ1v) is 7.74.